The highest BCUT2D eigenvalue weighted by molar-refractivity contribution is 5.92. The molecule has 2 aromatic heterocycles. The van der Waals surface area contributed by atoms with E-state index in [1.54, 1.807) is 0 Å². The molecule has 2 N–H and O–H groups in total. The van der Waals surface area contributed by atoms with Crippen molar-refractivity contribution < 1.29 is 0 Å². The quantitative estimate of drug-likeness (QED) is 0.763. The van der Waals surface area contributed by atoms with Crippen LogP contribution in [0.3, 0.4) is 0 Å². The first kappa shape index (κ1) is 15.2. The number of benzene rings is 1. The van der Waals surface area contributed by atoms with Crippen molar-refractivity contribution in [2.75, 3.05) is 23.8 Å². The summed E-state index contributed by atoms with van der Waals surface area (Å²) in [6.45, 7) is 6.71. The first-order chi connectivity index (χ1) is 12.7. The highest BCUT2D eigenvalue weighted by atomic mass is 15.3. The van der Waals surface area contributed by atoms with Gasteiger partial charge < -0.3 is 15.2 Å². The number of hydrogen-bond donors (Lipinski definition) is 2. The summed E-state index contributed by atoms with van der Waals surface area (Å²) in [5.41, 5.74) is 6.30. The molecule has 0 bridgehead atoms. The maximum atomic E-state index is 4.85. The minimum Gasteiger partial charge on any atom is -0.366 e. The summed E-state index contributed by atoms with van der Waals surface area (Å²) in [6, 6.07) is 8.82. The van der Waals surface area contributed by atoms with Gasteiger partial charge in [-0.3, -0.25) is 9.67 Å². The summed E-state index contributed by atoms with van der Waals surface area (Å²) in [5.74, 6) is 0.915. The first-order valence-corrected chi connectivity index (χ1v) is 8.99. The summed E-state index contributed by atoms with van der Waals surface area (Å²) in [5, 5.41) is 11.4. The number of nitrogens with zero attached hydrogens (tertiary/aromatic N) is 5. The van der Waals surface area contributed by atoms with Crippen molar-refractivity contribution >= 4 is 17.9 Å². The molecule has 0 unspecified atom stereocenters. The van der Waals surface area contributed by atoms with Crippen molar-refractivity contribution in [2.24, 2.45) is 4.99 Å². The van der Waals surface area contributed by atoms with Crippen LogP contribution in [-0.2, 0) is 6.54 Å². The molecule has 0 amide bonds. The van der Waals surface area contributed by atoms with Crippen LogP contribution in [0.4, 0.5) is 11.6 Å². The van der Waals surface area contributed by atoms with Crippen LogP contribution in [-0.4, -0.2) is 38.8 Å². The molecule has 4 heterocycles. The average molecular weight is 347 g/mol. The third-order valence-corrected chi connectivity index (χ3v) is 4.88. The van der Waals surface area contributed by atoms with E-state index in [0.29, 0.717) is 12.7 Å². The second kappa shape index (κ2) is 5.72. The second-order valence-electron chi connectivity index (χ2n) is 6.93. The molecule has 0 aliphatic carbocycles. The zero-order valence-corrected chi connectivity index (χ0v) is 14.9. The van der Waals surface area contributed by atoms with Gasteiger partial charge in [0.15, 0.2) is 0 Å². The van der Waals surface area contributed by atoms with Crippen LogP contribution >= 0.6 is 0 Å². The Labute approximate surface area is 151 Å². The molecule has 2 aliphatic rings. The maximum Gasteiger partial charge on any atom is 0.204 e. The maximum absolute atomic E-state index is 4.85. The van der Waals surface area contributed by atoms with E-state index in [1.165, 1.54) is 0 Å². The van der Waals surface area contributed by atoms with Crippen LogP contribution in [0.25, 0.3) is 22.6 Å². The van der Waals surface area contributed by atoms with Crippen LogP contribution < -0.4 is 10.6 Å². The van der Waals surface area contributed by atoms with Crippen molar-refractivity contribution in [1.82, 2.24) is 19.3 Å². The smallest absolute Gasteiger partial charge is 0.204 e. The van der Waals surface area contributed by atoms with E-state index in [9.17, 15) is 0 Å². The molecule has 0 fully saturated rings. The number of rotatable bonds is 3. The molecular weight excluding hydrogens is 326 g/mol. The molecule has 1 aromatic carbocycles. The van der Waals surface area contributed by atoms with Crippen molar-refractivity contribution in [3.05, 3.63) is 36.0 Å². The lowest BCUT2D eigenvalue weighted by Crippen LogP contribution is -2.08. The molecule has 7 nitrogen and oxygen atoms in total. The lowest BCUT2D eigenvalue weighted by Gasteiger charge is -2.14. The molecule has 3 aromatic rings. The van der Waals surface area contributed by atoms with Gasteiger partial charge >= 0.3 is 0 Å². The van der Waals surface area contributed by atoms with Crippen molar-refractivity contribution in [3.63, 3.8) is 0 Å². The van der Waals surface area contributed by atoms with Crippen molar-refractivity contribution in [2.45, 2.75) is 26.4 Å². The number of hydrogen-bond acceptors (Lipinski definition) is 5. The van der Waals surface area contributed by atoms with Crippen LogP contribution in [0.5, 0.6) is 0 Å². The Bertz CT molecular complexity index is 1010. The van der Waals surface area contributed by atoms with Crippen LogP contribution in [0.15, 0.2) is 35.5 Å². The van der Waals surface area contributed by atoms with Gasteiger partial charge in [0.2, 0.25) is 5.95 Å². The average Bonchev–Trinajstić information content (AvgIpc) is 3.36. The third-order valence-electron chi connectivity index (χ3n) is 4.88. The molecule has 0 spiro atoms. The molecule has 7 heteroatoms. The Morgan fingerprint density at radius 2 is 2.08 bits per heavy atom. The van der Waals surface area contributed by atoms with E-state index in [4.69, 9.17) is 10.1 Å². The molecular formula is C19H21N7. The van der Waals surface area contributed by atoms with Gasteiger partial charge in [0.25, 0.3) is 0 Å². The van der Waals surface area contributed by atoms with E-state index in [1.807, 2.05) is 23.2 Å². The molecule has 26 heavy (non-hydrogen) atoms. The predicted molar refractivity (Wildman–Crippen MR) is 104 cm³/mol. The number of fused-ring (bicyclic) bond motifs is 2. The van der Waals surface area contributed by atoms with Gasteiger partial charge in [0.1, 0.15) is 18.1 Å². The second-order valence-corrected chi connectivity index (χ2v) is 6.93. The Balaban J connectivity index is 1.67. The number of anilines is 2. The van der Waals surface area contributed by atoms with Gasteiger partial charge in [-0.1, -0.05) is 6.07 Å². The Morgan fingerprint density at radius 3 is 2.92 bits per heavy atom. The monoisotopic (exact) mass is 347 g/mol. The molecule has 2 aliphatic heterocycles. The van der Waals surface area contributed by atoms with Gasteiger partial charge in [-0.05, 0) is 32.0 Å². The largest absolute Gasteiger partial charge is 0.366 e. The topological polar surface area (TPSA) is 72.1 Å². The summed E-state index contributed by atoms with van der Waals surface area (Å²) in [6.07, 6.45) is 3.95. The van der Waals surface area contributed by atoms with E-state index in [-0.39, 0.29) is 0 Å². The Morgan fingerprint density at radius 1 is 1.15 bits per heavy atom. The molecule has 132 valence electrons. The SMILES string of the molecule is CC(C)n1ccc(-c2nc3n(c2-c2ccc4c(c2)C=NCN4)CCN3)n1. The fourth-order valence-corrected chi connectivity index (χ4v) is 3.56. The normalized spacial score (nSPS) is 14.9. The molecule has 0 saturated heterocycles. The number of nitrogens with one attached hydrogen (secondary N) is 2. The summed E-state index contributed by atoms with van der Waals surface area (Å²) in [4.78, 5) is 9.18. The minimum absolute atomic E-state index is 0.325. The number of aromatic nitrogens is 4. The highest BCUT2D eigenvalue weighted by Crippen LogP contribution is 2.37. The summed E-state index contributed by atoms with van der Waals surface area (Å²) >= 11 is 0. The van der Waals surface area contributed by atoms with Crippen LogP contribution in [0, 0.1) is 0 Å². The molecule has 5 rings (SSSR count). The lowest BCUT2D eigenvalue weighted by atomic mass is 10.0. The zero-order valence-electron chi connectivity index (χ0n) is 14.9. The van der Waals surface area contributed by atoms with Crippen molar-refractivity contribution in [1.29, 1.82) is 0 Å². The first-order valence-electron chi connectivity index (χ1n) is 8.99. The lowest BCUT2D eigenvalue weighted by molar-refractivity contribution is 0.534. The van der Waals surface area contributed by atoms with E-state index in [0.717, 1.165) is 52.9 Å². The summed E-state index contributed by atoms with van der Waals surface area (Å²) < 4.78 is 4.22. The fourth-order valence-electron chi connectivity index (χ4n) is 3.56. The number of imidazole rings is 1. The predicted octanol–water partition coefficient (Wildman–Crippen LogP) is 3.22. The zero-order chi connectivity index (χ0) is 17.7. The molecule has 0 saturated carbocycles. The van der Waals surface area contributed by atoms with E-state index < -0.39 is 0 Å². The van der Waals surface area contributed by atoms with E-state index in [2.05, 4.69) is 52.2 Å². The van der Waals surface area contributed by atoms with Gasteiger partial charge in [0, 0.05) is 48.4 Å². The minimum atomic E-state index is 0.325. The fraction of sp³-hybridized carbons (Fsp3) is 0.316. The highest BCUT2D eigenvalue weighted by Gasteiger charge is 2.25. The summed E-state index contributed by atoms with van der Waals surface area (Å²) in [7, 11) is 0. The Kier molecular flexibility index (Phi) is 3.34. The molecule has 0 atom stereocenters. The van der Waals surface area contributed by atoms with Gasteiger partial charge in [0.05, 0.1) is 5.69 Å². The van der Waals surface area contributed by atoms with E-state index >= 15 is 0 Å². The third kappa shape index (κ3) is 2.31. The van der Waals surface area contributed by atoms with Crippen molar-refractivity contribution in [3.8, 4) is 22.6 Å². The number of aliphatic imine (C=N–C) groups is 1. The van der Waals surface area contributed by atoms with Crippen LogP contribution in [0.2, 0.25) is 0 Å². The standard InChI is InChI=1S/C19H21N7/c1-12(2)26-7-5-16(24-26)17-18(25-8-6-21-19(25)23-17)13-3-4-15-14(9-13)10-20-11-22-15/h3-5,7,9-10,12,22H,6,8,11H2,1-2H3,(H,21,23). The van der Waals surface area contributed by atoms with Gasteiger partial charge in [-0.15, -0.1) is 0 Å². The van der Waals surface area contributed by atoms with Crippen LogP contribution in [0.1, 0.15) is 25.5 Å². The van der Waals surface area contributed by atoms with Gasteiger partial charge in [-0.2, -0.15) is 5.10 Å². The van der Waals surface area contributed by atoms with Gasteiger partial charge in [-0.25, -0.2) is 4.98 Å². The Hall–Kier alpha value is -3.09. The molecule has 0 radical (unpaired) electrons.